The Labute approximate surface area is 161 Å². The van der Waals surface area contributed by atoms with Gasteiger partial charge < -0.3 is 5.32 Å². The summed E-state index contributed by atoms with van der Waals surface area (Å²) < 4.78 is 26.6. The van der Waals surface area contributed by atoms with E-state index in [9.17, 15) is 13.2 Å². The van der Waals surface area contributed by atoms with Crippen LogP contribution in [0, 0.1) is 0 Å². The standard InChI is InChI=1S/C16H17ClN4O3S2/c1-9(2)19-14(22)8-25-16-18-7-13-15(20-16)11-5-4-10(17)6-12(11)21(3)26(13,23)24/h4-7,9H,8H2,1-3H3,(H,19,22). The van der Waals surface area contributed by atoms with Crippen LogP contribution in [0.4, 0.5) is 5.69 Å². The van der Waals surface area contributed by atoms with Crippen molar-refractivity contribution in [3.8, 4) is 11.3 Å². The maximum absolute atomic E-state index is 12.7. The summed E-state index contributed by atoms with van der Waals surface area (Å²) in [7, 11) is -2.29. The fraction of sp³-hybridized carbons (Fsp3) is 0.312. The number of carbonyl (C=O) groups is 1. The topological polar surface area (TPSA) is 92.3 Å². The number of nitrogens with one attached hydrogen (secondary N) is 1. The molecule has 1 aromatic heterocycles. The minimum atomic E-state index is -3.75. The molecule has 1 amide bonds. The Kier molecular flexibility index (Phi) is 5.14. The third kappa shape index (κ3) is 3.51. The third-order valence-corrected chi connectivity index (χ3v) is 6.58. The van der Waals surface area contributed by atoms with Crippen LogP contribution < -0.4 is 9.62 Å². The molecule has 0 fully saturated rings. The highest BCUT2D eigenvalue weighted by Crippen LogP contribution is 2.42. The Bertz CT molecular complexity index is 979. The van der Waals surface area contributed by atoms with Gasteiger partial charge in [-0.25, -0.2) is 18.4 Å². The van der Waals surface area contributed by atoms with E-state index < -0.39 is 10.0 Å². The zero-order valence-electron chi connectivity index (χ0n) is 14.4. The lowest BCUT2D eigenvalue weighted by Gasteiger charge is -2.28. The molecular formula is C16H17ClN4O3S2. The van der Waals surface area contributed by atoms with Gasteiger partial charge in [-0.15, -0.1) is 0 Å². The molecule has 0 saturated carbocycles. The monoisotopic (exact) mass is 412 g/mol. The first-order valence-corrected chi connectivity index (χ1v) is 10.6. The van der Waals surface area contributed by atoms with E-state index in [4.69, 9.17) is 11.6 Å². The molecular weight excluding hydrogens is 396 g/mol. The second kappa shape index (κ2) is 7.05. The van der Waals surface area contributed by atoms with E-state index in [2.05, 4.69) is 15.3 Å². The van der Waals surface area contributed by atoms with Gasteiger partial charge in [-0.05, 0) is 32.0 Å². The van der Waals surface area contributed by atoms with E-state index in [1.54, 1.807) is 18.2 Å². The highest BCUT2D eigenvalue weighted by Gasteiger charge is 2.34. The number of carbonyl (C=O) groups excluding carboxylic acids is 1. The van der Waals surface area contributed by atoms with E-state index >= 15 is 0 Å². The van der Waals surface area contributed by atoms with Crippen molar-refractivity contribution < 1.29 is 13.2 Å². The number of nitrogens with zero attached hydrogens (tertiary/aromatic N) is 3. The summed E-state index contributed by atoms with van der Waals surface area (Å²) in [5.74, 6) is 0.0164. The molecule has 1 N–H and O–H groups in total. The fourth-order valence-electron chi connectivity index (χ4n) is 2.54. The molecule has 0 bridgehead atoms. The molecule has 1 aliphatic rings. The van der Waals surface area contributed by atoms with Crippen molar-refractivity contribution in [2.45, 2.75) is 29.9 Å². The Morgan fingerprint density at radius 2 is 2.12 bits per heavy atom. The van der Waals surface area contributed by atoms with Crippen molar-refractivity contribution >= 4 is 45.0 Å². The Morgan fingerprint density at radius 1 is 1.38 bits per heavy atom. The molecule has 2 aromatic rings. The van der Waals surface area contributed by atoms with E-state index in [1.165, 1.54) is 17.5 Å². The van der Waals surface area contributed by atoms with Crippen molar-refractivity contribution in [1.82, 2.24) is 15.3 Å². The van der Waals surface area contributed by atoms with Crippen molar-refractivity contribution in [1.29, 1.82) is 0 Å². The molecule has 0 radical (unpaired) electrons. The molecule has 0 unspecified atom stereocenters. The number of rotatable bonds is 4. The third-order valence-electron chi connectivity index (χ3n) is 3.71. The van der Waals surface area contributed by atoms with Crippen LogP contribution in [0.15, 0.2) is 34.4 Å². The Balaban J connectivity index is 1.99. The average Bonchev–Trinajstić information content (AvgIpc) is 2.57. The zero-order valence-corrected chi connectivity index (χ0v) is 16.7. The van der Waals surface area contributed by atoms with Crippen LogP contribution in [0.5, 0.6) is 0 Å². The van der Waals surface area contributed by atoms with Gasteiger partial charge in [0.15, 0.2) is 5.16 Å². The Hall–Kier alpha value is -1.84. The molecule has 26 heavy (non-hydrogen) atoms. The van der Waals surface area contributed by atoms with Crippen LogP contribution >= 0.6 is 23.4 Å². The second-order valence-electron chi connectivity index (χ2n) is 6.01. The number of anilines is 1. The van der Waals surface area contributed by atoms with Crippen LogP contribution in [-0.4, -0.2) is 43.1 Å². The SMILES string of the molecule is CC(C)NC(=O)CSc1ncc2c(n1)-c1ccc(Cl)cc1N(C)S2(=O)=O. The van der Waals surface area contributed by atoms with Gasteiger partial charge in [0.05, 0.1) is 23.3 Å². The lowest BCUT2D eigenvalue weighted by Crippen LogP contribution is -2.32. The van der Waals surface area contributed by atoms with Gasteiger partial charge in [-0.1, -0.05) is 23.4 Å². The van der Waals surface area contributed by atoms with E-state index in [1.807, 2.05) is 13.8 Å². The minimum Gasteiger partial charge on any atom is -0.353 e. The van der Waals surface area contributed by atoms with Gasteiger partial charge in [0.2, 0.25) is 5.91 Å². The number of amides is 1. The number of sulfonamides is 1. The quantitative estimate of drug-likeness (QED) is 0.612. The summed E-state index contributed by atoms with van der Waals surface area (Å²) in [6.45, 7) is 3.75. The van der Waals surface area contributed by atoms with Gasteiger partial charge in [0.1, 0.15) is 4.90 Å². The van der Waals surface area contributed by atoms with Crippen LogP contribution in [-0.2, 0) is 14.8 Å². The van der Waals surface area contributed by atoms with Gasteiger partial charge in [0.25, 0.3) is 10.0 Å². The summed E-state index contributed by atoms with van der Waals surface area (Å²) in [4.78, 5) is 20.3. The van der Waals surface area contributed by atoms with Crippen LogP contribution in [0.2, 0.25) is 5.02 Å². The summed E-state index contributed by atoms with van der Waals surface area (Å²) in [5.41, 5.74) is 1.42. The predicted molar refractivity (Wildman–Crippen MR) is 102 cm³/mol. The number of aromatic nitrogens is 2. The van der Waals surface area contributed by atoms with Crippen molar-refractivity contribution in [2.24, 2.45) is 0 Å². The Morgan fingerprint density at radius 3 is 2.81 bits per heavy atom. The number of benzene rings is 1. The van der Waals surface area contributed by atoms with E-state index in [-0.39, 0.29) is 22.6 Å². The summed E-state index contributed by atoms with van der Waals surface area (Å²) in [5, 5.41) is 3.55. The average molecular weight is 413 g/mol. The van der Waals surface area contributed by atoms with Crippen molar-refractivity contribution in [3.63, 3.8) is 0 Å². The highest BCUT2D eigenvalue weighted by atomic mass is 35.5. The predicted octanol–water partition coefficient (Wildman–Crippen LogP) is 2.55. The molecule has 7 nitrogen and oxygen atoms in total. The first-order valence-electron chi connectivity index (χ1n) is 7.78. The largest absolute Gasteiger partial charge is 0.353 e. The lowest BCUT2D eigenvalue weighted by atomic mass is 10.1. The smallest absolute Gasteiger partial charge is 0.267 e. The minimum absolute atomic E-state index is 0.0332. The molecule has 138 valence electrons. The van der Waals surface area contributed by atoms with Gasteiger partial charge in [-0.2, -0.15) is 0 Å². The highest BCUT2D eigenvalue weighted by molar-refractivity contribution is 7.99. The van der Waals surface area contributed by atoms with Crippen molar-refractivity contribution in [2.75, 3.05) is 17.1 Å². The van der Waals surface area contributed by atoms with Crippen LogP contribution in [0.25, 0.3) is 11.3 Å². The van der Waals surface area contributed by atoms with Crippen molar-refractivity contribution in [3.05, 3.63) is 29.4 Å². The number of halogens is 1. The molecule has 0 spiro atoms. The molecule has 3 rings (SSSR count). The van der Waals surface area contributed by atoms with Gasteiger partial charge >= 0.3 is 0 Å². The molecule has 2 heterocycles. The summed E-state index contributed by atoms with van der Waals surface area (Å²) in [6.07, 6.45) is 1.29. The number of hydrogen-bond acceptors (Lipinski definition) is 6. The molecule has 1 aromatic carbocycles. The van der Waals surface area contributed by atoms with E-state index in [0.29, 0.717) is 27.1 Å². The number of hydrogen-bond donors (Lipinski definition) is 1. The first-order chi connectivity index (χ1) is 12.2. The first kappa shape index (κ1) is 18.9. The second-order valence-corrected chi connectivity index (χ2v) is 9.33. The molecule has 0 aliphatic carbocycles. The normalized spacial score (nSPS) is 14.7. The zero-order chi connectivity index (χ0) is 19.1. The van der Waals surface area contributed by atoms with E-state index in [0.717, 1.165) is 11.8 Å². The summed E-state index contributed by atoms with van der Waals surface area (Å²) >= 11 is 7.17. The maximum atomic E-state index is 12.7. The molecule has 0 saturated heterocycles. The number of fused-ring (bicyclic) bond motifs is 3. The molecule has 0 atom stereocenters. The van der Waals surface area contributed by atoms with Crippen LogP contribution in [0.1, 0.15) is 13.8 Å². The summed E-state index contributed by atoms with van der Waals surface area (Å²) in [6, 6.07) is 5.04. The lowest BCUT2D eigenvalue weighted by molar-refractivity contribution is -0.119. The molecule has 10 heteroatoms. The molecule has 1 aliphatic heterocycles. The van der Waals surface area contributed by atoms with Gasteiger partial charge in [-0.3, -0.25) is 9.10 Å². The number of thioether (sulfide) groups is 1. The van der Waals surface area contributed by atoms with Crippen LogP contribution in [0.3, 0.4) is 0 Å². The maximum Gasteiger partial charge on any atom is 0.267 e. The fourth-order valence-corrected chi connectivity index (χ4v) is 4.63. The van der Waals surface area contributed by atoms with Gasteiger partial charge in [0, 0.05) is 23.7 Å².